The summed E-state index contributed by atoms with van der Waals surface area (Å²) < 4.78 is 11.8. The standard InChI is InChI=1S/C17H25N7O3/c1-22-17(25)21-15(13-19-22)27-12-4-3-7-23-8-10-24(11-9-23)16-18-6-5-14(20-16)26-2/h5-6,13H,3-4,7-12H2,1-2H3. The SMILES string of the molecule is COc1ccnc(N2CCN(CCCCOc3cnn(C)c(=O)n3)CC2)n1. The molecule has 2 aromatic heterocycles. The lowest BCUT2D eigenvalue weighted by Gasteiger charge is -2.34. The second-order valence-corrected chi connectivity index (χ2v) is 6.28. The van der Waals surface area contributed by atoms with Crippen LogP contribution in [-0.2, 0) is 7.05 Å². The highest BCUT2D eigenvalue weighted by Crippen LogP contribution is 2.14. The lowest BCUT2D eigenvalue weighted by Crippen LogP contribution is -2.47. The summed E-state index contributed by atoms with van der Waals surface area (Å²) >= 11 is 0. The first kappa shape index (κ1) is 19.0. The number of hydrogen-bond acceptors (Lipinski definition) is 9. The number of aromatic nitrogens is 5. The fraction of sp³-hybridized carbons (Fsp3) is 0.588. The molecule has 1 aliphatic rings. The molecule has 1 saturated heterocycles. The van der Waals surface area contributed by atoms with Crippen molar-refractivity contribution in [2.24, 2.45) is 7.05 Å². The maximum absolute atomic E-state index is 11.4. The Morgan fingerprint density at radius 2 is 1.93 bits per heavy atom. The third kappa shape index (κ3) is 5.36. The van der Waals surface area contributed by atoms with Crippen LogP contribution in [0.4, 0.5) is 5.95 Å². The first-order chi connectivity index (χ1) is 13.2. The van der Waals surface area contributed by atoms with Crippen molar-refractivity contribution in [2.75, 3.05) is 51.3 Å². The Balaban J connectivity index is 1.33. The molecule has 0 N–H and O–H groups in total. The van der Waals surface area contributed by atoms with Crippen molar-refractivity contribution in [3.63, 3.8) is 0 Å². The molecular formula is C17H25N7O3. The minimum absolute atomic E-state index is 0.282. The van der Waals surface area contributed by atoms with E-state index in [0.29, 0.717) is 12.5 Å². The second kappa shape index (κ2) is 9.26. The summed E-state index contributed by atoms with van der Waals surface area (Å²) in [6.07, 6.45) is 5.10. The molecule has 3 heterocycles. The monoisotopic (exact) mass is 375 g/mol. The molecule has 0 amide bonds. The number of methoxy groups -OCH3 is 1. The summed E-state index contributed by atoms with van der Waals surface area (Å²) in [6.45, 7) is 5.28. The van der Waals surface area contributed by atoms with Crippen LogP contribution in [0, 0.1) is 0 Å². The van der Waals surface area contributed by atoms with Crippen LogP contribution in [0.3, 0.4) is 0 Å². The summed E-state index contributed by atoms with van der Waals surface area (Å²) in [7, 11) is 3.16. The number of aryl methyl sites for hydroxylation is 1. The molecule has 0 unspecified atom stereocenters. The largest absolute Gasteiger partial charge is 0.481 e. The summed E-state index contributed by atoms with van der Waals surface area (Å²) in [5.74, 6) is 1.59. The lowest BCUT2D eigenvalue weighted by molar-refractivity contribution is 0.234. The molecule has 1 fully saturated rings. The number of unbranched alkanes of at least 4 members (excludes halogenated alkanes) is 1. The molecule has 0 saturated carbocycles. The minimum atomic E-state index is -0.412. The molecule has 10 heteroatoms. The number of nitrogens with zero attached hydrogens (tertiary/aromatic N) is 7. The van der Waals surface area contributed by atoms with Crippen LogP contribution in [0.5, 0.6) is 11.8 Å². The van der Waals surface area contributed by atoms with Crippen molar-refractivity contribution < 1.29 is 9.47 Å². The Morgan fingerprint density at radius 1 is 1.11 bits per heavy atom. The smallest absolute Gasteiger partial charge is 0.366 e. The summed E-state index contributed by atoms with van der Waals surface area (Å²) in [6, 6.07) is 1.75. The predicted molar refractivity (Wildman–Crippen MR) is 99.2 cm³/mol. The molecule has 0 bridgehead atoms. The molecule has 146 valence electrons. The van der Waals surface area contributed by atoms with Crippen LogP contribution in [0.2, 0.25) is 0 Å². The summed E-state index contributed by atoms with van der Waals surface area (Å²) in [5, 5.41) is 3.88. The molecule has 2 aromatic rings. The molecule has 0 aromatic carbocycles. The van der Waals surface area contributed by atoms with Gasteiger partial charge in [-0.2, -0.15) is 15.1 Å². The number of hydrogen-bond donors (Lipinski definition) is 0. The van der Waals surface area contributed by atoms with Gasteiger partial charge in [0.1, 0.15) is 6.20 Å². The predicted octanol–water partition coefficient (Wildman–Crippen LogP) is -0.0449. The van der Waals surface area contributed by atoms with Gasteiger partial charge in [0.05, 0.1) is 13.7 Å². The highest BCUT2D eigenvalue weighted by molar-refractivity contribution is 5.32. The van der Waals surface area contributed by atoms with Crippen LogP contribution in [0.1, 0.15) is 12.8 Å². The van der Waals surface area contributed by atoms with Crippen molar-refractivity contribution in [2.45, 2.75) is 12.8 Å². The van der Waals surface area contributed by atoms with E-state index in [1.54, 1.807) is 26.4 Å². The summed E-state index contributed by atoms with van der Waals surface area (Å²) in [5.41, 5.74) is -0.412. The van der Waals surface area contributed by atoms with E-state index in [1.165, 1.54) is 10.9 Å². The molecule has 1 aliphatic heterocycles. The van der Waals surface area contributed by atoms with Gasteiger partial charge in [0.2, 0.25) is 17.7 Å². The van der Waals surface area contributed by atoms with E-state index in [1.807, 2.05) is 0 Å². The van der Waals surface area contributed by atoms with Gasteiger partial charge >= 0.3 is 5.69 Å². The van der Waals surface area contributed by atoms with E-state index >= 15 is 0 Å². The quantitative estimate of drug-likeness (QED) is 0.588. The Bertz CT molecular complexity index is 790. The third-order valence-electron chi connectivity index (χ3n) is 4.42. The molecular weight excluding hydrogens is 350 g/mol. The van der Waals surface area contributed by atoms with Gasteiger partial charge in [-0.15, -0.1) is 0 Å². The van der Waals surface area contributed by atoms with Crippen molar-refractivity contribution in [1.29, 1.82) is 0 Å². The normalized spacial score (nSPS) is 15.0. The van der Waals surface area contributed by atoms with Gasteiger partial charge in [-0.25, -0.2) is 14.5 Å². The zero-order valence-electron chi connectivity index (χ0n) is 15.7. The fourth-order valence-corrected chi connectivity index (χ4v) is 2.83. The molecule has 3 rings (SSSR count). The van der Waals surface area contributed by atoms with Crippen LogP contribution >= 0.6 is 0 Å². The van der Waals surface area contributed by atoms with Gasteiger partial charge in [-0.1, -0.05) is 0 Å². The van der Waals surface area contributed by atoms with E-state index in [2.05, 4.69) is 29.9 Å². The van der Waals surface area contributed by atoms with E-state index in [9.17, 15) is 4.79 Å². The van der Waals surface area contributed by atoms with Crippen molar-refractivity contribution in [1.82, 2.24) is 29.6 Å². The van der Waals surface area contributed by atoms with E-state index in [-0.39, 0.29) is 5.88 Å². The van der Waals surface area contributed by atoms with Gasteiger partial charge < -0.3 is 14.4 Å². The van der Waals surface area contributed by atoms with E-state index in [4.69, 9.17) is 9.47 Å². The maximum atomic E-state index is 11.4. The van der Waals surface area contributed by atoms with Gasteiger partial charge in [0.25, 0.3) is 0 Å². The molecule has 0 spiro atoms. The first-order valence-electron chi connectivity index (χ1n) is 9.03. The van der Waals surface area contributed by atoms with Crippen molar-refractivity contribution in [3.05, 3.63) is 28.9 Å². The highest BCUT2D eigenvalue weighted by atomic mass is 16.5. The molecule has 0 radical (unpaired) electrons. The Morgan fingerprint density at radius 3 is 2.67 bits per heavy atom. The van der Waals surface area contributed by atoms with Gasteiger partial charge in [0.15, 0.2) is 0 Å². The number of rotatable bonds is 8. The molecule has 10 nitrogen and oxygen atoms in total. The van der Waals surface area contributed by atoms with Crippen LogP contribution in [-0.4, -0.2) is 76.1 Å². The Hall–Kier alpha value is -2.75. The minimum Gasteiger partial charge on any atom is -0.481 e. The third-order valence-corrected chi connectivity index (χ3v) is 4.42. The average Bonchev–Trinajstić information content (AvgIpc) is 2.71. The van der Waals surface area contributed by atoms with Crippen LogP contribution < -0.4 is 20.1 Å². The van der Waals surface area contributed by atoms with Crippen LogP contribution in [0.25, 0.3) is 0 Å². The number of anilines is 1. The van der Waals surface area contributed by atoms with Gasteiger partial charge in [-0.05, 0) is 19.4 Å². The molecule has 27 heavy (non-hydrogen) atoms. The van der Waals surface area contributed by atoms with Gasteiger partial charge in [-0.3, -0.25) is 4.90 Å². The fourth-order valence-electron chi connectivity index (χ4n) is 2.83. The molecule has 0 atom stereocenters. The van der Waals surface area contributed by atoms with E-state index < -0.39 is 5.69 Å². The van der Waals surface area contributed by atoms with Crippen molar-refractivity contribution >= 4 is 5.95 Å². The molecule has 0 aliphatic carbocycles. The Kier molecular flexibility index (Phi) is 6.53. The topological polar surface area (TPSA) is 98.5 Å². The Labute approximate surface area is 157 Å². The summed E-state index contributed by atoms with van der Waals surface area (Å²) in [4.78, 5) is 28.5. The zero-order chi connectivity index (χ0) is 19.1. The first-order valence-corrected chi connectivity index (χ1v) is 9.03. The number of ether oxygens (including phenoxy) is 2. The van der Waals surface area contributed by atoms with Crippen molar-refractivity contribution in [3.8, 4) is 11.8 Å². The zero-order valence-corrected chi connectivity index (χ0v) is 15.7. The lowest BCUT2D eigenvalue weighted by atomic mass is 10.2. The number of piperazine rings is 1. The van der Waals surface area contributed by atoms with Gasteiger partial charge in [0, 0.05) is 45.5 Å². The van der Waals surface area contributed by atoms with Crippen LogP contribution in [0.15, 0.2) is 23.3 Å². The van der Waals surface area contributed by atoms with E-state index in [0.717, 1.165) is 51.5 Å². The maximum Gasteiger partial charge on any atom is 0.366 e. The average molecular weight is 375 g/mol. The highest BCUT2D eigenvalue weighted by Gasteiger charge is 2.18. The second-order valence-electron chi connectivity index (χ2n) is 6.28.